The number of hydrogen-bond donors (Lipinski definition) is 2. The van der Waals surface area contributed by atoms with Crippen LogP contribution in [0.2, 0.25) is 10.0 Å². The van der Waals surface area contributed by atoms with Crippen molar-refractivity contribution in [3.8, 4) is 0 Å². The number of hydrogen-bond acceptors (Lipinski definition) is 2. The molecule has 2 aromatic carbocycles. The van der Waals surface area contributed by atoms with Crippen molar-refractivity contribution < 1.29 is 4.79 Å². The molecule has 0 saturated carbocycles. The van der Waals surface area contributed by atoms with E-state index in [0.29, 0.717) is 10.0 Å². The smallest absolute Gasteiger partial charge is 0.244 e. The fraction of sp³-hybridized carbons (Fsp3) is 0.375. The number of carbonyl (C=O) groups excluding carboxylic acids is 1. The monoisotopic (exact) mass is 443 g/mol. The minimum atomic E-state index is -0.0518. The molecular formula is C24H27Cl2N3O. The van der Waals surface area contributed by atoms with E-state index in [1.165, 1.54) is 16.8 Å². The van der Waals surface area contributed by atoms with E-state index in [1.54, 1.807) is 0 Å². The van der Waals surface area contributed by atoms with Crippen LogP contribution >= 0.6 is 23.2 Å². The minimum Gasteiger partial charge on any atom is -0.335 e. The van der Waals surface area contributed by atoms with E-state index in [9.17, 15) is 4.79 Å². The Hall–Kier alpha value is -2.01. The molecule has 158 valence electrons. The molecule has 0 unspecified atom stereocenters. The second kappa shape index (κ2) is 8.26. The highest BCUT2D eigenvalue weighted by Crippen LogP contribution is 2.34. The summed E-state index contributed by atoms with van der Waals surface area (Å²) in [6, 6.07) is 11.9. The zero-order chi connectivity index (χ0) is 21.5. The molecule has 3 aromatic rings. The molecule has 30 heavy (non-hydrogen) atoms. The van der Waals surface area contributed by atoms with Crippen LogP contribution in [0.15, 0.2) is 36.4 Å². The lowest BCUT2D eigenvalue weighted by Gasteiger charge is -2.20. The second-order valence-corrected chi connectivity index (χ2v) is 9.74. The Balaban J connectivity index is 1.67. The van der Waals surface area contributed by atoms with E-state index < -0.39 is 0 Å². The van der Waals surface area contributed by atoms with E-state index in [1.807, 2.05) is 30.3 Å². The van der Waals surface area contributed by atoms with Gasteiger partial charge in [0.1, 0.15) is 6.54 Å². The topological polar surface area (TPSA) is 46.1 Å². The number of amides is 1. The summed E-state index contributed by atoms with van der Waals surface area (Å²) in [6.45, 7) is 8.54. The molecule has 1 aliphatic heterocycles. The Morgan fingerprint density at radius 3 is 2.60 bits per heavy atom. The summed E-state index contributed by atoms with van der Waals surface area (Å²) in [7, 11) is 0. The molecule has 0 fully saturated rings. The highest BCUT2D eigenvalue weighted by atomic mass is 35.5. The van der Waals surface area contributed by atoms with Gasteiger partial charge in [-0.05, 0) is 53.8 Å². The standard InChI is InChI=1S/C24H27Cl2N3O/c1-24(2,3)15-5-4-6-16(11-15)28-23(30)14-29-21-8-10-27-9-7-17(21)18-12-19(25)20(26)13-22(18)29/h4-6,11-13,27H,7-10,14H2,1-3H3,(H,28,30). The molecule has 2 heterocycles. The Kier molecular flexibility index (Phi) is 5.84. The first-order valence-electron chi connectivity index (χ1n) is 10.3. The fourth-order valence-electron chi connectivity index (χ4n) is 4.16. The number of fused-ring (bicyclic) bond motifs is 3. The SMILES string of the molecule is CC(C)(C)c1cccc(NC(=O)Cn2c3c(c4cc(Cl)c(Cl)cc42)CCNCC3)c1. The van der Waals surface area contributed by atoms with E-state index >= 15 is 0 Å². The van der Waals surface area contributed by atoms with Gasteiger partial charge in [0.25, 0.3) is 0 Å². The maximum absolute atomic E-state index is 13.0. The molecule has 4 nitrogen and oxygen atoms in total. The van der Waals surface area contributed by atoms with E-state index in [4.69, 9.17) is 23.2 Å². The first kappa shape index (κ1) is 21.2. The van der Waals surface area contributed by atoms with E-state index in [2.05, 4.69) is 42.0 Å². The lowest BCUT2D eigenvalue weighted by Crippen LogP contribution is -2.22. The van der Waals surface area contributed by atoms with Crippen molar-refractivity contribution in [2.24, 2.45) is 0 Å². The third-order valence-electron chi connectivity index (χ3n) is 5.73. The van der Waals surface area contributed by atoms with Crippen molar-refractivity contribution in [1.82, 2.24) is 9.88 Å². The van der Waals surface area contributed by atoms with Crippen LogP contribution in [0, 0.1) is 0 Å². The highest BCUT2D eigenvalue weighted by Gasteiger charge is 2.22. The van der Waals surface area contributed by atoms with Crippen molar-refractivity contribution in [3.63, 3.8) is 0 Å². The average Bonchev–Trinajstić information content (AvgIpc) is 2.84. The summed E-state index contributed by atoms with van der Waals surface area (Å²) in [5, 5.41) is 8.65. The number of aromatic nitrogens is 1. The van der Waals surface area contributed by atoms with Gasteiger partial charge in [-0.25, -0.2) is 0 Å². The molecule has 6 heteroatoms. The van der Waals surface area contributed by atoms with Crippen LogP contribution in [0.5, 0.6) is 0 Å². The molecule has 1 amide bonds. The van der Waals surface area contributed by atoms with Crippen LogP contribution < -0.4 is 10.6 Å². The molecule has 0 saturated heterocycles. The van der Waals surface area contributed by atoms with Crippen LogP contribution in [0.3, 0.4) is 0 Å². The van der Waals surface area contributed by atoms with Gasteiger partial charge in [0.2, 0.25) is 5.91 Å². The first-order chi connectivity index (χ1) is 14.2. The molecule has 0 bridgehead atoms. The lowest BCUT2D eigenvalue weighted by molar-refractivity contribution is -0.116. The Morgan fingerprint density at radius 2 is 1.83 bits per heavy atom. The molecular weight excluding hydrogens is 417 g/mol. The quantitative estimate of drug-likeness (QED) is 0.555. The predicted octanol–water partition coefficient (Wildman–Crippen LogP) is 5.57. The second-order valence-electron chi connectivity index (χ2n) is 8.92. The van der Waals surface area contributed by atoms with Gasteiger partial charge in [-0.15, -0.1) is 0 Å². The van der Waals surface area contributed by atoms with Crippen molar-refractivity contribution in [2.45, 2.75) is 45.6 Å². The number of anilines is 1. The van der Waals surface area contributed by atoms with Gasteiger partial charge in [0.05, 0.1) is 15.6 Å². The third kappa shape index (κ3) is 4.22. The zero-order valence-electron chi connectivity index (χ0n) is 17.6. The summed E-state index contributed by atoms with van der Waals surface area (Å²) in [5.74, 6) is -0.0518. The molecule has 0 radical (unpaired) electrons. The Morgan fingerprint density at radius 1 is 1.10 bits per heavy atom. The number of rotatable bonds is 3. The van der Waals surface area contributed by atoms with E-state index in [0.717, 1.165) is 42.5 Å². The van der Waals surface area contributed by atoms with Crippen molar-refractivity contribution >= 4 is 45.7 Å². The number of halogens is 2. The van der Waals surface area contributed by atoms with Gasteiger partial charge in [-0.3, -0.25) is 4.79 Å². The molecule has 1 aliphatic rings. The number of benzene rings is 2. The van der Waals surface area contributed by atoms with E-state index in [-0.39, 0.29) is 17.9 Å². The highest BCUT2D eigenvalue weighted by molar-refractivity contribution is 6.42. The largest absolute Gasteiger partial charge is 0.335 e. The molecule has 0 atom stereocenters. The van der Waals surface area contributed by atoms with Crippen LogP contribution in [-0.4, -0.2) is 23.6 Å². The summed E-state index contributed by atoms with van der Waals surface area (Å²) >= 11 is 12.6. The Bertz CT molecular complexity index is 1110. The van der Waals surface area contributed by atoms with Crippen LogP contribution in [0.25, 0.3) is 10.9 Å². The normalized spacial score (nSPS) is 14.4. The third-order valence-corrected chi connectivity index (χ3v) is 6.46. The van der Waals surface area contributed by atoms with Gasteiger partial charge in [0.15, 0.2) is 0 Å². The van der Waals surface area contributed by atoms with Crippen molar-refractivity contribution in [1.29, 1.82) is 0 Å². The van der Waals surface area contributed by atoms with Gasteiger partial charge < -0.3 is 15.2 Å². The average molecular weight is 444 g/mol. The zero-order valence-corrected chi connectivity index (χ0v) is 19.1. The molecule has 1 aromatic heterocycles. The van der Waals surface area contributed by atoms with Gasteiger partial charge in [-0.1, -0.05) is 56.1 Å². The molecule has 4 rings (SSSR count). The number of nitrogens with zero attached hydrogens (tertiary/aromatic N) is 1. The van der Waals surface area contributed by atoms with Crippen LogP contribution in [0.1, 0.15) is 37.6 Å². The summed E-state index contributed by atoms with van der Waals surface area (Å²) < 4.78 is 2.10. The maximum atomic E-state index is 13.0. The van der Waals surface area contributed by atoms with Crippen LogP contribution in [-0.2, 0) is 29.6 Å². The maximum Gasteiger partial charge on any atom is 0.244 e. The number of carbonyl (C=O) groups is 1. The van der Waals surface area contributed by atoms with Gasteiger partial charge in [-0.2, -0.15) is 0 Å². The summed E-state index contributed by atoms with van der Waals surface area (Å²) in [5.41, 5.74) is 5.45. The number of nitrogens with one attached hydrogen (secondary N) is 2. The molecule has 2 N–H and O–H groups in total. The molecule has 0 aliphatic carbocycles. The fourth-order valence-corrected chi connectivity index (χ4v) is 4.48. The lowest BCUT2D eigenvalue weighted by atomic mass is 9.87. The predicted molar refractivity (Wildman–Crippen MR) is 126 cm³/mol. The summed E-state index contributed by atoms with van der Waals surface area (Å²) in [6.07, 6.45) is 1.78. The first-order valence-corrected chi connectivity index (χ1v) is 11.1. The van der Waals surface area contributed by atoms with Crippen molar-refractivity contribution in [2.75, 3.05) is 18.4 Å². The Labute approximate surface area is 187 Å². The van der Waals surface area contributed by atoms with Crippen LogP contribution in [0.4, 0.5) is 5.69 Å². The summed E-state index contributed by atoms with van der Waals surface area (Å²) in [4.78, 5) is 13.0. The van der Waals surface area contributed by atoms with Crippen molar-refractivity contribution in [3.05, 3.63) is 63.3 Å². The van der Waals surface area contributed by atoms with Gasteiger partial charge >= 0.3 is 0 Å². The minimum absolute atomic E-state index is 0.0255. The van der Waals surface area contributed by atoms with Gasteiger partial charge in [0, 0.05) is 29.7 Å². The molecule has 0 spiro atoms.